The highest BCUT2D eigenvalue weighted by Gasteiger charge is 2.25. The SMILES string of the molecule is CC1(C)CCCN(c2nccc(C(=N)N)c2Cl)CC1. The van der Waals surface area contributed by atoms with Crippen LogP contribution < -0.4 is 10.6 Å². The molecule has 0 atom stereocenters. The van der Waals surface area contributed by atoms with Crippen LogP contribution in [0.4, 0.5) is 5.82 Å². The van der Waals surface area contributed by atoms with Crippen LogP contribution in [0.1, 0.15) is 38.7 Å². The molecular formula is C14H21ClN4. The number of pyridine rings is 1. The Morgan fingerprint density at radius 1 is 1.42 bits per heavy atom. The van der Waals surface area contributed by atoms with E-state index in [2.05, 4.69) is 23.7 Å². The van der Waals surface area contributed by atoms with Crippen LogP contribution in [0.15, 0.2) is 12.3 Å². The third kappa shape index (κ3) is 3.18. The van der Waals surface area contributed by atoms with E-state index in [1.54, 1.807) is 12.3 Å². The maximum Gasteiger partial charge on any atom is 0.148 e. The average molecular weight is 281 g/mol. The van der Waals surface area contributed by atoms with Crippen molar-refractivity contribution < 1.29 is 0 Å². The van der Waals surface area contributed by atoms with Crippen LogP contribution in [0.2, 0.25) is 5.02 Å². The summed E-state index contributed by atoms with van der Waals surface area (Å²) in [6.45, 7) is 6.51. The Bertz CT molecular complexity index is 484. The molecule has 3 N–H and O–H groups in total. The fraction of sp³-hybridized carbons (Fsp3) is 0.571. The minimum atomic E-state index is -0.0104. The molecule has 19 heavy (non-hydrogen) atoms. The average Bonchev–Trinajstić information content (AvgIpc) is 2.50. The number of anilines is 1. The van der Waals surface area contributed by atoms with E-state index in [0.717, 1.165) is 31.7 Å². The number of nitrogen functional groups attached to an aromatic ring is 1. The first-order chi connectivity index (χ1) is 8.91. The second kappa shape index (κ2) is 5.37. The van der Waals surface area contributed by atoms with Gasteiger partial charge in [0.15, 0.2) is 0 Å². The number of aromatic nitrogens is 1. The molecule has 1 saturated heterocycles. The maximum absolute atomic E-state index is 7.54. The van der Waals surface area contributed by atoms with Gasteiger partial charge in [-0.3, -0.25) is 5.41 Å². The molecule has 1 aliphatic heterocycles. The van der Waals surface area contributed by atoms with E-state index < -0.39 is 0 Å². The van der Waals surface area contributed by atoms with Crippen LogP contribution in [0.25, 0.3) is 0 Å². The van der Waals surface area contributed by atoms with Crippen LogP contribution in [0, 0.1) is 10.8 Å². The van der Waals surface area contributed by atoms with Gasteiger partial charge in [-0.2, -0.15) is 0 Å². The lowest BCUT2D eigenvalue weighted by molar-refractivity contribution is 0.325. The summed E-state index contributed by atoms with van der Waals surface area (Å²) in [5.41, 5.74) is 6.48. The van der Waals surface area contributed by atoms with Crippen molar-refractivity contribution in [3.05, 3.63) is 22.8 Å². The number of nitrogens with zero attached hydrogens (tertiary/aromatic N) is 2. The molecule has 4 nitrogen and oxygen atoms in total. The van der Waals surface area contributed by atoms with E-state index in [1.807, 2.05) is 0 Å². The Kier molecular flexibility index (Phi) is 3.99. The molecule has 2 heterocycles. The van der Waals surface area contributed by atoms with Crippen molar-refractivity contribution in [3.63, 3.8) is 0 Å². The van der Waals surface area contributed by atoms with Gasteiger partial charge in [0.2, 0.25) is 0 Å². The van der Waals surface area contributed by atoms with Gasteiger partial charge in [-0.25, -0.2) is 4.98 Å². The molecule has 0 aromatic carbocycles. The molecule has 0 radical (unpaired) electrons. The van der Waals surface area contributed by atoms with E-state index >= 15 is 0 Å². The van der Waals surface area contributed by atoms with Crippen molar-refractivity contribution in [2.45, 2.75) is 33.1 Å². The zero-order valence-corrected chi connectivity index (χ0v) is 12.3. The smallest absolute Gasteiger partial charge is 0.148 e. The van der Waals surface area contributed by atoms with Gasteiger partial charge in [-0.15, -0.1) is 0 Å². The van der Waals surface area contributed by atoms with Gasteiger partial charge in [0.1, 0.15) is 11.7 Å². The number of amidine groups is 1. The van der Waals surface area contributed by atoms with Crippen LogP contribution in [0.3, 0.4) is 0 Å². The highest BCUT2D eigenvalue weighted by atomic mass is 35.5. The zero-order chi connectivity index (χ0) is 14.0. The van der Waals surface area contributed by atoms with E-state index in [9.17, 15) is 0 Å². The lowest BCUT2D eigenvalue weighted by Gasteiger charge is -2.25. The molecule has 2 rings (SSSR count). The van der Waals surface area contributed by atoms with Crippen LogP contribution in [0.5, 0.6) is 0 Å². The molecule has 1 aliphatic rings. The Hall–Kier alpha value is -1.29. The molecule has 1 fully saturated rings. The first-order valence-corrected chi connectivity index (χ1v) is 7.02. The van der Waals surface area contributed by atoms with Gasteiger partial charge in [0.25, 0.3) is 0 Å². The molecule has 5 heteroatoms. The Morgan fingerprint density at radius 2 is 2.16 bits per heavy atom. The Morgan fingerprint density at radius 3 is 2.84 bits per heavy atom. The summed E-state index contributed by atoms with van der Waals surface area (Å²) in [5, 5.41) is 8.04. The van der Waals surface area contributed by atoms with Gasteiger partial charge in [-0.1, -0.05) is 25.4 Å². The summed E-state index contributed by atoms with van der Waals surface area (Å²) >= 11 is 6.34. The van der Waals surface area contributed by atoms with E-state index in [-0.39, 0.29) is 5.84 Å². The monoisotopic (exact) mass is 280 g/mol. The predicted molar refractivity (Wildman–Crippen MR) is 80.1 cm³/mol. The third-order valence-corrected chi connectivity index (χ3v) is 4.17. The van der Waals surface area contributed by atoms with E-state index in [0.29, 0.717) is 16.0 Å². The zero-order valence-electron chi connectivity index (χ0n) is 11.5. The number of nitrogens with two attached hydrogens (primary N) is 1. The predicted octanol–water partition coefficient (Wildman–Crippen LogP) is 3.04. The molecule has 0 unspecified atom stereocenters. The highest BCUT2D eigenvalue weighted by molar-refractivity contribution is 6.36. The molecule has 0 aliphatic carbocycles. The first-order valence-electron chi connectivity index (χ1n) is 6.64. The third-order valence-electron chi connectivity index (χ3n) is 3.80. The summed E-state index contributed by atoms with van der Waals surface area (Å²) in [4.78, 5) is 6.59. The molecule has 1 aromatic heterocycles. The topological polar surface area (TPSA) is 66.0 Å². The molecule has 0 bridgehead atoms. The summed E-state index contributed by atoms with van der Waals surface area (Å²) in [6.07, 6.45) is 5.14. The maximum atomic E-state index is 7.54. The van der Waals surface area contributed by atoms with E-state index in [1.165, 1.54) is 6.42 Å². The van der Waals surface area contributed by atoms with Gasteiger partial charge >= 0.3 is 0 Å². The second-order valence-electron chi connectivity index (χ2n) is 5.91. The Labute approximate surface area is 119 Å². The van der Waals surface area contributed by atoms with Crippen LogP contribution in [-0.2, 0) is 0 Å². The standard InChI is InChI=1S/C14H21ClN4/c1-14(2)5-3-8-19(9-6-14)13-11(15)10(12(16)17)4-7-18-13/h4,7H,3,5-6,8-9H2,1-2H3,(H3,16,17). The van der Waals surface area contributed by atoms with E-state index in [4.69, 9.17) is 22.7 Å². The van der Waals surface area contributed by atoms with Crippen molar-refractivity contribution >= 4 is 23.3 Å². The van der Waals surface area contributed by atoms with Gasteiger partial charge in [0, 0.05) is 24.8 Å². The number of hydrogen-bond donors (Lipinski definition) is 2. The summed E-state index contributed by atoms with van der Waals surface area (Å²) in [5.74, 6) is 0.746. The minimum absolute atomic E-state index is 0.0104. The lowest BCUT2D eigenvalue weighted by atomic mass is 9.85. The molecule has 104 valence electrons. The number of halogens is 1. The van der Waals surface area contributed by atoms with Crippen molar-refractivity contribution in [1.29, 1.82) is 5.41 Å². The summed E-state index contributed by atoms with van der Waals surface area (Å²) in [6, 6.07) is 1.69. The number of hydrogen-bond acceptors (Lipinski definition) is 3. The molecule has 0 saturated carbocycles. The fourth-order valence-corrected chi connectivity index (χ4v) is 2.83. The van der Waals surface area contributed by atoms with Crippen LogP contribution in [-0.4, -0.2) is 23.9 Å². The van der Waals surface area contributed by atoms with Gasteiger partial charge in [-0.05, 0) is 30.7 Å². The Balaban J connectivity index is 2.27. The minimum Gasteiger partial charge on any atom is -0.384 e. The lowest BCUT2D eigenvalue weighted by Crippen LogP contribution is -2.27. The highest BCUT2D eigenvalue weighted by Crippen LogP contribution is 2.34. The number of rotatable bonds is 2. The van der Waals surface area contributed by atoms with Crippen molar-refractivity contribution in [1.82, 2.24) is 4.98 Å². The quantitative estimate of drug-likeness (QED) is 0.646. The van der Waals surface area contributed by atoms with Crippen LogP contribution >= 0.6 is 11.6 Å². The summed E-state index contributed by atoms with van der Waals surface area (Å²) in [7, 11) is 0. The number of nitrogens with one attached hydrogen (secondary N) is 1. The van der Waals surface area contributed by atoms with Crippen molar-refractivity contribution in [3.8, 4) is 0 Å². The van der Waals surface area contributed by atoms with Crippen molar-refractivity contribution in [2.24, 2.45) is 11.1 Å². The first kappa shape index (κ1) is 14.1. The fourth-order valence-electron chi connectivity index (χ4n) is 2.50. The van der Waals surface area contributed by atoms with Gasteiger partial charge < -0.3 is 10.6 Å². The molecule has 1 aromatic rings. The summed E-state index contributed by atoms with van der Waals surface area (Å²) < 4.78 is 0. The normalized spacial score (nSPS) is 19.0. The molecule has 0 amide bonds. The van der Waals surface area contributed by atoms with Gasteiger partial charge in [0.05, 0.1) is 5.02 Å². The molecule has 0 spiro atoms. The van der Waals surface area contributed by atoms with Crippen molar-refractivity contribution in [2.75, 3.05) is 18.0 Å². The second-order valence-corrected chi connectivity index (χ2v) is 6.29. The molecular weight excluding hydrogens is 260 g/mol. The largest absolute Gasteiger partial charge is 0.384 e.